The summed E-state index contributed by atoms with van der Waals surface area (Å²) < 4.78 is 204. The molecular formula is C97H96Cl4F4N22O14S5. The number of β-amino-alcohol motifs (C(OH)–C–C–N with tert-alkyl or cyclic N) is 1. The number of anilines is 3. The number of benzene rings is 4. The summed E-state index contributed by atoms with van der Waals surface area (Å²) in [5.74, 6) is -2.82. The van der Waals surface area contributed by atoms with Gasteiger partial charge >= 0.3 is 6.09 Å². The molecule has 19 rings (SSSR count). The molecule has 3 fully saturated rings. The fraction of sp³-hybridized carbons (Fsp3) is 0.289. The molecule has 3 aliphatic heterocycles. The van der Waals surface area contributed by atoms with Gasteiger partial charge in [-0.1, -0.05) is 117 Å². The average Bonchev–Trinajstić information content (AvgIpc) is 1.61. The predicted octanol–water partition coefficient (Wildman–Crippen LogP) is 16.6. The fourth-order valence-corrected chi connectivity index (χ4v) is 23.1. The van der Waals surface area contributed by atoms with E-state index in [9.17, 15) is 69.6 Å². The minimum Gasteiger partial charge on any atom is -0.444 e. The van der Waals surface area contributed by atoms with E-state index < -0.39 is 96.0 Å². The molecule has 15 heterocycles. The third-order valence-electron chi connectivity index (χ3n) is 23.6. The van der Waals surface area contributed by atoms with Crippen molar-refractivity contribution < 1.29 is 79.0 Å². The lowest BCUT2D eigenvalue weighted by molar-refractivity contribution is 0.0205. The minimum atomic E-state index is -4.07. The standard InChI is InChI=1S/C28H30ClFN6O4S.C27H30ClFN6O4S.C23H22ClFN6O2S.C19H14ClFN4O4S2/c1-17-7-9-20(10-8-17)41(38,39)36-16-22(21-12-18(29)13-32-26(21)36)24-31-14-23(30)25(34-24)33-19-6-5-11-35(15-19)27(37)40-28(2,3)4;1-17-5-7-21(8-6-17)40(37,38)35-15-23(22-10-18(28)11-31-27(22)35)25-30-12-24(29)26(33-25)32-19-4-3-9-34(13-19)14-20(36)16-39-2;1-14-4-6-17(7-5-14)34(32,33)31-13-19(18-9-15(24)10-28-23(18)31)21-27-12-20(25)22(30-21)29-16-3-2-8-26-11-16;1-11-3-5-13(6-4-11)31(28,29)25-10-15(14-7-12(20)8-23-18(14)25)17-22-9-16(21)19(24-17)30(2,26)27/h7-10,12-14,16,19H,5-6,11,15H2,1-4H3,(H,31,33,34);5-8,10-12,15,19-20,36H,3-4,9,13-14,16H2,1-2H3,(H,30,32,33);4-7,9-10,12-13,16,26H,2-3,8,11H2,1H3,(H,27,29,30);3-10H,1-2H3. The highest BCUT2D eigenvalue weighted by molar-refractivity contribution is 7.91. The van der Waals surface area contributed by atoms with Crippen LogP contribution in [0.15, 0.2) is 220 Å². The first-order chi connectivity index (χ1) is 69.3. The minimum absolute atomic E-state index is 0.00608. The van der Waals surface area contributed by atoms with E-state index in [0.29, 0.717) is 94.7 Å². The fourth-order valence-electron chi connectivity index (χ4n) is 16.5. The maximum atomic E-state index is 14.9. The molecule has 146 heavy (non-hydrogen) atoms. The van der Waals surface area contributed by atoms with E-state index in [2.05, 4.69) is 86.0 Å². The number of ether oxygens (including phenoxy) is 2. The first-order valence-electron chi connectivity index (χ1n) is 45.4. The van der Waals surface area contributed by atoms with Gasteiger partial charge in [-0.05, 0) is 173 Å². The molecular weight excluding hydrogens is 2080 g/mol. The van der Waals surface area contributed by atoms with Crippen molar-refractivity contribution in [3.63, 3.8) is 0 Å². The third kappa shape index (κ3) is 23.8. The molecule has 0 aliphatic carbocycles. The molecule has 0 bridgehead atoms. The van der Waals surface area contributed by atoms with Crippen LogP contribution in [0.5, 0.6) is 0 Å². The number of fused-ring (bicyclic) bond motifs is 4. The number of methoxy groups -OCH3 is 1. The molecule has 4 atom stereocenters. The van der Waals surface area contributed by atoms with E-state index >= 15 is 0 Å². The maximum absolute atomic E-state index is 14.9. The molecule has 49 heteroatoms. The van der Waals surface area contributed by atoms with Gasteiger partial charge in [0, 0.05) is 158 Å². The van der Waals surface area contributed by atoms with Crippen LogP contribution >= 0.6 is 46.4 Å². The van der Waals surface area contributed by atoms with E-state index in [1.165, 1.54) is 92.0 Å². The van der Waals surface area contributed by atoms with Crippen molar-refractivity contribution in [1.82, 2.24) is 90.8 Å². The number of aryl methyl sites for hydroxylation is 4. The number of carbonyl (C=O) groups is 1. The van der Waals surface area contributed by atoms with Gasteiger partial charge < -0.3 is 40.7 Å². The van der Waals surface area contributed by atoms with Gasteiger partial charge in [-0.2, -0.15) is 0 Å². The molecule has 4 aromatic carbocycles. The van der Waals surface area contributed by atoms with Crippen molar-refractivity contribution in [2.75, 3.05) is 81.7 Å². The summed E-state index contributed by atoms with van der Waals surface area (Å²) in [6, 6.07) is 31.6. The number of amides is 1. The average molecular weight is 2170 g/mol. The number of aromatic nitrogens is 16. The number of hydrogen-bond donors (Lipinski definition) is 5. The summed E-state index contributed by atoms with van der Waals surface area (Å²) in [5, 5.41) is 24.6. The van der Waals surface area contributed by atoms with Crippen LogP contribution in [0.3, 0.4) is 0 Å². The number of carbonyl (C=O) groups excluding carboxylic acids is 1. The van der Waals surface area contributed by atoms with Crippen molar-refractivity contribution in [1.29, 1.82) is 0 Å². The largest absolute Gasteiger partial charge is 0.444 e. The van der Waals surface area contributed by atoms with Gasteiger partial charge in [-0.25, -0.2) is 140 Å². The topological polar surface area (TPSA) is 455 Å². The van der Waals surface area contributed by atoms with Gasteiger partial charge in [0.25, 0.3) is 40.1 Å². The van der Waals surface area contributed by atoms with E-state index in [1.807, 2.05) is 27.7 Å². The monoisotopic (exact) mass is 2170 g/mol. The number of piperidine rings is 3. The van der Waals surface area contributed by atoms with Crippen molar-refractivity contribution in [2.24, 2.45) is 0 Å². The van der Waals surface area contributed by atoms with Gasteiger partial charge in [0.05, 0.1) is 77.2 Å². The normalized spacial score (nSPS) is 15.8. The molecule has 3 aliphatic rings. The summed E-state index contributed by atoms with van der Waals surface area (Å²) in [6.45, 7) is 17.4. The molecule has 12 aromatic heterocycles. The van der Waals surface area contributed by atoms with Crippen molar-refractivity contribution >= 4 is 164 Å². The maximum Gasteiger partial charge on any atom is 0.410 e. The third-order valence-corrected chi connectivity index (χ3v) is 32.1. The number of sulfone groups is 1. The first kappa shape index (κ1) is 106. The van der Waals surface area contributed by atoms with Crippen LogP contribution in [0.2, 0.25) is 20.1 Å². The first-order valence-corrected chi connectivity index (χ1v) is 54.6. The Balaban J connectivity index is 0.000000140. The Morgan fingerprint density at radius 3 is 1.08 bits per heavy atom. The lowest BCUT2D eigenvalue weighted by Crippen LogP contribution is -2.47. The molecule has 0 saturated carbocycles. The van der Waals surface area contributed by atoms with Crippen molar-refractivity contribution in [3.05, 3.63) is 261 Å². The summed E-state index contributed by atoms with van der Waals surface area (Å²) >= 11 is 24.7. The smallest absolute Gasteiger partial charge is 0.410 e. The Morgan fingerprint density at radius 2 is 0.760 bits per heavy atom. The molecule has 4 unspecified atom stereocenters. The van der Waals surface area contributed by atoms with Crippen LogP contribution in [0.1, 0.15) is 81.5 Å². The second-order valence-corrected chi connectivity index (χ2v) is 46.9. The lowest BCUT2D eigenvalue weighted by atomic mass is 10.1. The van der Waals surface area contributed by atoms with Crippen LogP contribution in [-0.2, 0) is 59.4 Å². The highest BCUT2D eigenvalue weighted by Crippen LogP contribution is 2.40. The lowest BCUT2D eigenvalue weighted by Gasteiger charge is -2.34. The molecule has 0 spiro atoms. The highest BCUT2D eigenvalue weighted by atomic mass is 35.5. The van der Waals surface area contributed by atoms with E-state index in [1.54, 1.807) is 112 Å². The molecule has 3 saturated heterocycles. The van der Waals surface area contributed by atoms with Gasteiger partial charge in [-0.15, -0.1) is 0 Å². The number of aliphatic hydroxyl groups excluding tert-OH is 1. The Hall–Kier alpha value is -12.9. The van der Waals surface area contributed by atoms with Gasteiger partial charge in [0.2, 0.25) is 0 Å². The SMILES string of the molecule is COCC(O)CN1CCCC(Nc2nc(-c3cn(S(=O)(=O)c4ccc(C)cc4)c4ncc(Cl)cc34)ncc2F)C1.Cc1ccc(S(=O)(=O)n2cc(-c3ncc(F)c(NC4CCCN(C(=O)OC(C)(C)C)C4)n3)c3cc(Cl)cnc32)cc1.Cc1ccc(S(=O)(=O)n2cc(-c3ncc(F)c(NC4CCCNC4)n3)c3cc(Cl)cnc32)cc1.Cc1ccc(S(=O)(=O)n2cc(-c3ncc(F)c(S(C)(=O)=O)n3)c3cc(Cl)cnc32)cc1. The van der Waals surface area contributed by atoms with Gasteiger partial charge in [0.15, 0.2) is 101 Å². The molecule has 0 radical (unpaired) electrons. The van der Waals surface area contributed by atoms with Crippen LogP contribution in [0.4, 0.5) is 39.8 Å². The molecule has 764 valence electrons. The summed E-state index contributed by atoms with van der Waals surface area (Å²) in [4.78, 5) is 66.9. The number of halogens is 8. The quantitative estimate of drug-likeness (QED) is 0.0293. The van der Waals surface area contributed by atoms with Gasteiger partial charge in [-0.3, -0.25) is 4.90 Å². The van der Waals surface area contributed by atoms with Crippen LogP contribution in [0, 0.1) is 51.0 Å². The Kier molecular flexibility index (Phi) is 31.7. The zero-order valence-corrected chi connectivity index (χ0v) is 86.7. The van der Waals surface area contributed by atoms with Crippen molar-refractivity contribution in [2.45, 2.75) is 141 Å². The van der Waals surface area contributed by atoms with Crippen LogP contribution in [0.25, 0.3) is 89.7 Å². The number of hydrogen-bond acceptors (Lipinski definition) is 31. The zero-order valence-electron chi connectivity index (χ0n) is 79.6. The summed E-state index contributed by atoms with van der Waals surface area (Å²) in [5.41, 5.74) is 4.70. The zero-order chi connectivity index (χ0) is 104. The second-order valence-electron chi connectivity index (χ2n) is 36.0. The Bertz CT molecular complexity index is 8270. The van der Waals surface area contributed by atoms with E-state index in [4.69, 9.17) is 55.9 Å². The Labute approximate surface area is 857 Å². The number of aliphatic hydroxyl groups is 1. The number of nitrogens with zero attached hydrogens (tertiary/aromatic N) is 18. The Morgan fingerprint density at radius 1 is 0.445 bits per heavy atom. The molecule has 1 amide bonds. The molecule has 5 N–H and O–H groups in total. The van der Waals surface area contributed by atoms with Crippen LogP contribution in [-0.4, -0.2) is 234 Å². The summed E-state index contributed by atoms with van der Waals surface area (Å²) in [7, 11) is -18.5. The highest BCUT2D eigenvalue weighted by Gasteiger charge is 2.35. The number of nitrogens with one attached hydrogen (secondary N) is 4. The number of likely N-dealkylation sites (tertiary alicyclic amines) is 2. The number of pyridine rings is 4. The van der Waals surface area contributed by atoms with Gasteiger partial charge in [0.1, 0.15) is 5.60 Å². The summed E-state index contributed by atoms with van der Waals surface area (Å²) in [6.07, 6.45) is 19.3. The molecule has 16 aromatic rings. The molecule has 36 nitrogen and oxygen atoms in total. The second kappa shape index (κ2) is 43.6. The number of rotatable bonds is 23. The van der Waals surface area contributed by atoms with E-state index in [0.717, 1.165) is 102 Å². The van der Waals surface area contributed by atoms with Crippen molar-refractivity contribution in [3.8, 4) is 45.6 Å². The van der Waals surface area contributed by atoms with Crippen LogP contribution < -0.4 is 21.3 Å². The van der Waals surface area contributed by atoms with E-state index in [-0.39, 0.29) is 129 Å². The predicted molar refractivity (Wildman–Crippen MR) is 546 cm³/mol.